The molecule has 1 N–H and O–H groups in total. The van der Waals surface area contributed by atoms with Crippen LogP contribution in [0.5, 0.6) is 0 Å². The summed E-state index contributed by atoms with van der Waals surface area (Å²) in [5, 5.41) is 5.05. The maximum Gasteiger partial charge on any atom is 0.341 e. The molecule has 2 heterocycles. The fraction of sp³-hybridized carbons (Fsp3) is 0.429. The Bertz CT molecular complexity index is 858. The molecule has 1 aromatic heterocycles. The summed E-state index contributed by atoms with van der Waals surface area (Å²) in [6, 6.07) is 5.87. The zero-order chi connectivity index (χ0) is 21.0. The largest absolute Gasteiger partial charge is 0.462 e. The first-order valence-corrected chi connectivity index (χ1v) is 10.5. The fourth-order valence-electron chi connectivity index (χ4n) is 3.48. The number of morpholine rings is 1. The predicted molar refractivity (Wildman–Crippen MR) is 111 cm³/mol. The lowest BCUT2D eigenvalue weighted by atomic mass is 10.0. The molecule has 2 atom stereocenters. The van der Waals surface area contributed by atoms with E-state index < -0.39 is 5.97 Å². The maximum absolute atomic E-state index is 13.3. The molecule has 1 aliphatic rings. The van der Waals surface area contributed by atoms with Gasteiger partial charge in [-0.15, -0.1) is 11.3 Å². The average Bonchev–Trinajstić information content (AvgIpc) is 3.05. The zero-order valence-electron chi connectivity index (χ0n) is 16.7. The highest BCUT2D eigenvalue weighted by molar-refractivity contribution is 7.15. The molecule has 1 saturated heterocycles. The number of carbonyl (C=O) groups is 2. The lowest BCUT2D eigenvalue weighted by molar-refractivity contribution is -0.121. The second kappa shape index (κ2) is 9.47. The van der Waals surface area contributed by atoms with Gasteiger partial charge in [0.25, 0.3) is 0 Å². The molecule has 0 unspecified atom stereocenters. The van der Waals surface area contributed by atoms with E-state index in [9.17, 15) is 14.0 Å². The van der Waals surface area contributed by atoms with Gasteiger partial charge < -0.3 is 14.8 Å². The Labute approximate surface area is 173 Å². The van der Waals surface area contributed by atoms with E-state index >= 15 is 0 Å². The Morgan fingerprint density at radius 3 is 2.52 bits per heavy atom. The SMILES string of the molecule is CCOC(=O)c1c(-c2ccc(F)cc2)csc1NC(=O)CN1C[C@@H](C)O[C@H](C)C1. The van der Waals surface area contributed by atoms with Crippen LogP contribution in [0.1, 0.15) is 31.1 Å². The smallest absolute Gasteiger partial charge is 0.341 e. The Kier molecular flexibility index (Phi) is 7.00. The summed E-state index contributed by atoms with van der Waals surface area (Å²) in [5.41, 5.74) is 1.58. The van der Waals surface area contributed by atoms with Gasteiger partial charge in [0.15, 0.2) is 0 Å². The second-order valence-corrected chi connectivity index (χ2v) is 7.96. The lowest BCUT2D eigenvalue weighted by Crippen LogP contribution is -2.48. The van der Waals surface area contributed by atoms with Crippen LogP contribution in [0, 0.1) is 5.82 Å². The van der Waals surface area contributed by atoms with E-state index in [1.165, 1.54) is 23.5 Å². The summed E-state index contributed by atoms with van der Waals surface area (Å²) in [7, 11) is 0. The van der Waals surface area contributed by atoms with Crippen LogP contribution in [-0.4, -0.2) is 55.2 Å². The molecule has 1 amide bonds. The quantitative estimate of drug-likeness (QED) is 0.721. The minimum atomic E-state index is -0.517. The van der Waals surface area contributed by atoms with Gasteiger partial charge >= 0.3 is 5.97 Å². The van der Waals surface area contributed by atoms with Crippen molar-refractivity contribution >= 4 is 28.2 Å². The van der Waals surface area contributed by atoms with Crippen molar-refractivity contribution in [1.29, 1.82) is 0 Å². The monoisotopic (exact) mass is 420 g/mol. The Morgan fingerprint density at radius 2 is 1.90 bits per heavy atom. The highest BCUT2D eigenvalue weighted by Gasteiger charge is 2.26. The molecule has 0 aliphatic carbocycles. The van der Waals surface area contributed by atoms with Gasteiger partial charge in [0.2, 0.25) is 5.91 Å². The van der Waals surface area contributed by atoms with Crippen molar-refractivity contribution < 1.29 is 23.5 Å². The molecule has 2 aromatic rings. The molecule has 3 rings (SSSR count). The minimum absolute atomic E-state index is 0.0634. The molecule has 1 aliphatic heterocycles. The fourth-order valence-corrected chi connectivity index (χ4v) is 4.45. The number of amides is 1. The van der Waals surface area contributed by atoms with Crippen LogP contribution in [0.15, 0.2) is 29.6 Å². The van der Waals surface area contributed by atoms with E-state index in [0.29, 0.717) is 34.8 Å². The third-order valence-electron chi connectivity index (χ3n) is 4.54. The summed E-state index contributed by atoms with van der Waals surface area (Å²) in [4.78, 5) is 27.2. The number of rotatable bonds is 6. The van der Waals surface area contributed by atoms with E-state index in [0.717, 1.165) is 0 Å². The number of carbonyl (C=O) groups excluding carboxylic acids is 2. The molecule has 156 valence electrons. The molecule has 1 fully saturated rings. The van der Waals surface area contributed by atoms with E-state index in [-0.39, 0.29) is 37.1 Å². The summed E-state index contributed by atoms with van der Waals surface area (Å²) in [6.45, 7) is 7.46. The molecular formula is C21H25FN2O4S. The van der Waals surface area contributed by atoms with Gasteiger partial charge in [0, 0.05) is 24.0 Å². The van der Waals surface area contributed by atoms with Crippen molar-refractivity contribution in [3.05, 3.63) is 41.0 Å². The Morgan fingerprint density at radius 1 is 1.24 bits per heavy atom. The molecule has 0 saturated carbocycles. The van der Waals surface area contributed by atoms with Crippen molar-refractivity contribution in [3.63, 3.8) is 0 Å². The highest BCUT2D eigenvalue weighted by Crippen LogP contribution is 2.36. The van der Waals surface area contributed by atoms with E-state index in [1.807, 2.05) is 18.7 Å². The number of hydrogen-bond acceptors (Lipinski definition) is 6. The number of esters is 1. The molecular weight excluding hydrogens is 395 g/mol. The molecule has 0 spiro atoms. The second-order valence-electron chi connectivity index (χ2n) is 7.08. The molecule has 1 aromatic carbocycles. The van der Waals surface area contributed by atoms with Crippen molar-refractivity contribution in [2.45, 2.75) is 33.0 Å². The molecule has 6 nitrogen and oxygen atoms in total. The topological polar surface area (TPSA) is 67.9 Å². The number of nitrogens with one attached hydrogen (secondary N) is 1. The molecule has 0 radical (unpaired) electrons. The van der Waals surface area contributed by atoms with Crippen LogP contribution in [0.2, 0.25) is 0 Å². The van der Waals surface area contributed by atoms with Gasteiger partial charge in [-0.3, -0.25) is 9.69 Å². The van der Waals surface area contributed by atoms with Gasteiger partial charge in [-0.05, 0) is 38.5 Å². The van der Waals surface area contributed by atoms with Crippen molar-refractivity contribution in [1.82, 2.24) is 4.90 Å². The third kappa shape index (κ3) is 5.41. The molecule has 0 bridgehead atoms. The van der Waals surface area contributed by atoms with E-state index in [4.69, 9.17) is 9.47 Å². The number of ether oxygens (including phenoxy) is 2. The van der Waals surface area contributed by atoms with Gasteiger partial charge in [0.05, 0.1) is 25.4 Å². The highest BCUT2D eigenvalue weighted by atomic mass is 32.1. The summed E-state index contributed by atoms with van der Waals surface area (Å²) >= 11 is 1.25. The number of anilines is 1. The van der Waals surface area contributed by atoms with Crippen molar-refractivity contribution in [3.8, 4) is 11.1 Å². The minimum Gasteiger partial charge on any atom is -0.462 e. The van der Waals surface area contributed by atoms with Crippen LogP contribution < -0.4 is 5.32 Å². The molecule has 29 heavy (non-hydrogen) atoms. The van der Waals surface area contributed by atoms with Gasteiger partial charge in [-0.2, -0.15) is 0 Å². The average molecular weight is 421 g/mol. The standard InChI is InChI=1S/C21H25FN2O4S/c1-4-27-21(26)19-17(15-5-7-16(22)8-6-15)12-29-20(19)23-18(25)11-24-9-13(2)28-14(3)10-24/h5-8,12-14H,4,9-11H2,1-3H3,(H,23,25)/t13-,14-/m1/s1. The van der Waals surface area contributed by atoms with Crippen LogP contribution >= 0.6 is 11.3 Å². The van der Waals surface area contributed by atoms with Crippen molar-refractivity contribution in [2.75, 3.05) is 31.6 Å². The first kappa shape index (κ1) is 21.4. The Hall–Kier alpha value is -2.29. The Balaban J connectivity index is 1.80. The number of thiophene rings is 1. The number of nitrogens with zero attached hydrogens (tertiary/aromatic N) is 1. The zero-order valence-corrected chi connectivity index (χ0v) is 17.6. The predicted octanol–water partition coefficient (Wildman–Crippen LogP) is 3.78. The van der Waals surface area contributed by atoms with Gasteiger partial charge in [-0.1, -0.05) is 12.1 Å². The summed E-state index contributed by atoms with van der Waals surface area (Å²) in [5.74, 6) is -1.08. The first-order chi connectivity index (χ1) is 13.9. The van der Waals surface area contributed by atoms with Crippen LogP contribution in [-0.2, 0) is 14.3 Å². The van der Waals surface area contributed by atoms with Crippen LogP contribution in [0.3, 0.4) is 0 Å². The molecule has 8 heteroatoms. The summed E-state index contributed by atoms with van der Waals surface area (Å²) in [6.07, 6.45) is 0.127. The third-order valence-corrected chi connectivity index (χ3v) is 5.44. The van der Waals surface area contributed by atoms with Gasteiger partial charge in [0.1, 0.15) is 16.4 Å². The normalized spacial score (nSPS) is 19.7. The van der Waals surface area contributed by atoms with Crippen LogP contribution in [0.25, 0.3) is 11.1 Å². The van der Waals surface area contributed by atoms with Crippen LogP contribution in [0.4, 0.5) is 9.39 Å². The van der Waals surface area contributed by atoms with E-state index in [1.54, 1.807) is 24.4 Å². The number of halogens is 1. The first-order valence-electron chi connectivity index (χ1n) is 9.59. The van der Waals surface area contributed by atoms with Gasteiger partial charge in [-0.25, -0.2) is 9.18 Å². The van der Waals surface area contributed by atoms with E-state index in [2.05, 4.69) is 5.32 Å². The number of benzene rings is 1. The van der Waals surface area contributed by atoms with Crippen molar-refractivity contribution in [2.24, 2.45) is 0 Å². The number of hydrogen-bond donors (Lipinski definition) is 1. The maximum atomic E-state index is 13.3. The summed E-state index contributed by atoms with van der Waals surface area (Å²) < 4.78 is 24.2. The lowest BCUT2D eigenvalue weighted by Gasteiger charge is -2.34.